The number of pyridine rings is 1. The number of likely N-dealkylation sites (tertiary alicyclic amines) is 1. The van der Waals surface area contributed by atoms with Gasteiger partial charge in [-0.05, 0) is 18.6 Å². The van der Waals surface area contributed by atoms with Gasteiger partial charge in [0.1, 0.15) is 0 Å². The second-order valence-corrected chi connectivity index (χ2v) is 6.89. The Morgan fingerprint density at radius 3 is 2.92 bits per heavy atom. The number of hydrogen-bond acceptors (Lipinski definition) is 4. The quantitative estimate of drug-likeness (QED) is 0.893. The average molecular weight is 343 g/mol. The van der Waals surface area contributed by atoms with Crippen molar-refractivity contribution in [2.75, 3.05) is 19.6 Å². The molecule has 2 aromatic heterocycles. The summed E-state index contributed by atoms with van der Waals surface area (Å²) in [4.78, 5) is 29.7. The summed E-state index contributed by atoms with van der Waals surface area (Å²) in [6, 6.07) is 3.95. The number of fused-ring (bicyclic) bond motifs is 1. The van der Waals surface area contributed by atoms with E-state index in [0.29, 0.717) is 19.6 Å². The molecule has 134 valence electrons. The highest BCUT2D eigenvalue weighted by Crippen LogP contribution is 2.31. The smallest absolute Gasteiger partial charge is 0.225 e. The molecule has 3 heterocycles. The first-order chi connectivity index (χ1) is 12.0. The van der Waals surface area contributed by atoms with Crippen molar-refractivity contribution in [2.24, 2.45) is 5.92 Å². The predicted octanol–water partition coefficient (Wildman–Crippen LogP) is 1.54. The molecule has 1 fully saturated rings. The van der Waals surface area contributed by atoms with Gasteiger partial charge >= 0.3 is 0 Å². The van der Waals surface area contributed by atoms with Gasteiger partial charge in [-0.15, -0.1) is 0 Å². The van der Waals surface area contributed by atoms with E-state index in [9.17, 15) is 9.59 Å². The number of carbonyl (C=O) groups excluding carboxylic acids is 2. The molecule has 7 nitrogen and oxygen atoms in total. The number of nitrogens with zero attached hydrogens (tertiary/aromatic N) is 4. The zero-order valence-electron chi connectivity index (χ0n) is 15.0. The van der Waals surface area contributed by atoms with Crippen LogP contribution in [0.25, 0.3) is 11.0 Å². The fourth-order valence-electron chi connectivity index (χ4n) is 3.38. The molecule has 2 amide bonds. The summed E-state index contributed by atoms with van der Waals surface area (Å²) < 4.78 is 1.85. The van der Waals surface area contributed by atoms with Crippen LogP contribution < -0.4 is 5.32 Å². The molecular formula is C18H25N5O2. The van der Waals surface area contributed by atoms with Crippen LogP contribution in [0.5, 0.6) is 0 Å². The van der Waals surface area contributed by atoms with Gasteiger partial charge in [0.2, 0.25) is 11.8 Å². The molecule has 1 aliphatic rings. The van der Waals surface area contributed by atoms with Crippen molar-refractivity contribution in [1.82, 2.24) is 25.0 Å². The summed E-state index contributed by atoms with van der Waals surface area (Å²) in [6.45, 7) is 7.96. The maximum absolute atomic E-state index is 12.2. The van der Waals surface area contributed by atoms with Gasteiger partial charge < -0.3 is 10.2 Å². The zero-order chi connectivity index (χ0) is 18.0. The Hall–Kier alpha value is -2.44. The Balaban J connectivity index is 1.82. The summed E-state index contributed by atoms with van der Waals surface area (Å²) in [6.07, 6.45) is 2.68. The molecule has 3 rings (SSSR count). The van der Waals surface area contributed by atoms with Crippen molar-refractivity contribution in [3.05, 3.63) is 24.0 Å². The zero-order valence-corrected chi connectivity index (χ0v) is 15.0. The van der Waals surface area contributed by atoms with Crippen molar-refractivity contribution < 1.29 is 9.59 Å². The Bertz CT molecular complexity index is 783. The molecule has 1 atom stereocenters. The standard InChI is InChI=1S/C18H25N5O2/c1-12(2)18(25)22-9-6-14(11-22)16-15-5-4-7-20-17(15)23(21-16)10-8-19-13(3)24/h4-5,7,12,14H,6,8-11H2,1-3H3,(H,19,24). The fourth-order valence-corrected chi connectivity index (χ4v) is 3.38. The number of aromatic nitrogens is 3. The van der Waals surface area contributed by atoms with Gasteiger partial charge in [0.25, 0.3) is 0 Å². The van der Waals surface area contributed by atoms with E-state index in [0.717, 1.165) is 29.7 Å². The number of nitrogens with one attached hydrogen (secondary N) is 1. The summed E-state index contributed by atoms with van der Waals surface area (Å²) in [7, 11) is 0. The topological polar surface area (TPSA) is 80.1 Å². The lowest BCUT2D eigenvalue weighted by molar-refractivity contribution is -0.133. The normalized spacial score (nSPS) is 17.4. The summed E-state index contributed by atoms with van der Waals surface area (Å²) in [5, 5.41) is 8.60. The molecule has 2 aromatic rings. The third-order valence-electron chi connectivity index (χ3n) is 4.61. The third-order valence-corrected chi connectivity index (χ3v) is 4.61. The second kappa shape index (κ2) is 7.21. The molecule has 1 saturated heterocycles. The van der Waals surface area contributed by atoms with Crippen molar-refractivity contribution in [3.63, 3.8) is 0 Å². The van der Waals surface area contributed by atoms with Gasteiger partial charge in [0.05, 0.1) is 12.2 Å². The lowest BCUT2D eigenvalue weighted by Gasteiger charge is -2.18. The van der Waals surface area contributed by atoms with Crippen LogP contribution in [0.15, 0.2) is 18.3 Å². The Morgan fingerprint density at radius 1 is 1.40 bits per heavy atom. The van der Waals surface area contributed by atoms with E-state index >= 15 is 0 Å². The molecule has 25 heavy (non-hydrogen) atoms. The highest BCUT2D eigenvalue weighted by molar-refractivity contribution is 5.80. The SMILES string of the molecule is CC(=O)NCCn1nc(C2CCN(C(=O)C(C)C)C2)c2cccnc21. The second-order valence-electron chi connectivity index (χ2n) is 6.89. The Labute approximate surface area is 147 Å². The molecule has 0 bridgehead atoms. The minimum absolute atomic E-state index is 0.0207. The first-order valence-corrected chi connectivity index (χ1v) is 8.82. The van der Waals surface area contributed by atoms with Crippen LogP contribution in [0, 0.1) is 5.92 Å². The Morgan fingerprint density at radius 2 is 2.20 bits per heavy atom. The number of amides is 2. The van der Waals surface area contributed by atoms with E-state index in [1.165, 1.54) is 6.92 Å². The molecule has 0 spiro atoms. The van der Waals surface area contributed by atoms with Crippen molar-refractivity contribution >= 4 is 22.8 Å². The van der Waals surface area contributed by atoms with Crippen LogP contribution in [0.2, 0.25) is 0 Å². The summed E-state index contributed by atoms with van der Waals surface area (Å²) in [5.41, 5.74) is 1.83. The van der Waals surface area contributed by atoms with E-state index < -0.39 is 0 Å². The monoisotopic (exact) mass is 343 g/mol. The minimum atomic E-state index is -0.0525. The van der Waals surface area contributed by atoms with Crippen LogP contribution in [-0.2, 0) is 16.1 Å². The molecule has 0 aliphatic carbocycles. The van der Waals surface area contributed by atoms with E-state index in [1.807, 2.05) is 35.6 Å². The number of carbonyl (C=O) groups is 2. The van der Waals surface area contributed by atoms with Gasteiger partial charge in [-0.3, -0.25) is 9.59 Å². The van der Waals surface area contributed by atoms with Crippen LogP contribution in [0.3, 0.4) is 0 Å². The van der Waals surface area contributed by atoms with Gasteiger partial charge in [-0.25, -0.2) is 9.67 Å². The number of hydrogen-bond donors (Lipinski definition) is 1. The van der Waals surface area contributed by atoms with Crippen LogP contribution in [0.1, 0.15) is 38.8 Å². The van der Waals surface area contributed by atoms with Crippen LogP contribution >= 0.6 is 0 Å². The molecule has 1 unspecified atom stereocenters. The highest BCUT2D eigenvalue weighted by atomic mass is 16.2. The minimum Gasteiger partial charge on any atom is -0.354 e. The van der Waals surface area contributed by atoms with Gasteiger partial charge in [0, 0.05) is 50.0 Å². The highest BCUT2D eigenvalue weighted by Gasteiger charge is 2.31. The maximum Gasteiger partial charge on any atom is 0.225 e. The van der Waals surface area contributed by atoms with Gasteiger partial charge in [-0.2, -0.15) is 5.10 Å². The largest absolute Gasteiger partial charge is 0.354 e. The number of rotatable bonds is 5. The lowest BCUT2D eigenvalue weighted by Crippen LogP contribution is -2.32. The lowest BCUT2D eigenvalue weighted by atomic mass is 10.0. The maximum atomic E-state index is 12.2. The average Bonchev–Trinajstić information content (AvgIpc) is 3.19. The molecule has 1 aliphatic heterocycles. The molecule has 1 N–H and O–H groups in total. The molecule has 0 saturated carbocycles. The van der Waals surface area contributed by atoms with Crippen LogP contribution in [-0.4, -0.2) is 51.1 Å². The van der Waals surface area contributed by atoms with E-state index in [4.69, 9.17) is 5.10 Å². The van der Waals surface area contributed by atoms with Crippen molar-refractivity contribution in [1.29, 1.82) is 0 Å². The van der Waals surface area contributed by atoms with E-state index in [2.05, 4.69) is 10.3 Å². The summed E-state index contributed by atoms with van der Waals surface area (Å²) >= 11 is 0. The molecular weight excluding hydrogens is 318 g/mol. The fraction of sp³-hybridized carbons (Fsp3) is 0.556. The predicted molar refractivity (Wildman–Crippen MR) is 95.0 cm³/mol. The Kier molecular flexibility index (Phi) is 5.01. The van der Waals surface area contributed by atoms with E-state index in [1.54, 1.807) is 6.20 Å². The van der Waals surface area contributed by atoms with E-state index in [-0.39, 0.29) is 23.7 Å². The third kappa shape index (κ3) is 3.65. The van der Waals surface area contributed by atoms with Gasteiger partial charge in [-0.1, -0.05) is 13.8 Å². The molecule has 7 heteroatoms. The first-order valence-electron chi connectivity index (χ1n) is 8.82. The van der Waals surface area contributed by atoms with Crippen molar-refractivity contribution in [3.8, 4) is 0 Å². The van der Waals surface area contributed by atoms with Crippen molar-refractivity contribution in [2.45, 2.75) is 39.7 Å². The molecule has 0 radical (unpaired) electrons. The van der Waals surface area contributed by atoms with Crippen LogP contribution in [0.4, 0.5) is 0 Å². The molecule has 0 aromatic carbocycles. The first kappa shape index (κ1) is 17.4. The van der Waals surface area contributed by atoms with Gasteiger partial charge in [0.15, 0.2) is 5.65 Å². The summed E-state index contributed by atoms with van der Waals surface area (Å²) in [5.74, 6) is 0.405.